The number of benzene rings is 2. The molecule has 2 amide bonds. The second-order valence-electron chi connectivity index (χ2n) is 8.61. The number of carbonyl (C=O) groups is 2. The van der Waals surface area contributed by atoms with E-state index in [1.54, 1.807) is 11.3 Å². The van der Waals surface area contributed by atoms with Gasteiger partial charge in [0.15, 0.2) is 0 Å². The van der Waals surface area contributed by atoms with Crippen molar-refractivity contribution in [3.05, 3.63) is 94.3 Å². The molecule has 4 aromatic rings. The van der Waals surface area contributed by atoms with E-state index in [1.165, 1.54) is 4.88 Å². The Balaban J connectivity index is 1.56. The molecule has 4 rings (SSSR count). The minimum absolute atomic E-state index is 0.00730. The second-order valence-corrected chi connectivity index (χ2v) is 9.59. The van der Waals surface area contributed by atoms with Crippen molar-refractivity contribution >= 4 is 34.1 Å². The monoisotopic (exact) mass is 459 g/mol. The maximum atomic E-state index is 13.3. The SMILES string of the molecule is CC(C)CC(=O)NC(C(=O)NCC(c1cccs1)c1c[nH]c2ccccc12)c1ccccc1. The molecule has 0 saturated carbocycles. The number of rotatable bonds is 9. The average molecular weight is 460 g/mol. The van der Waals surface area contributed by atoms with E-state index >= 15 is 0 Å². The Morgan fingerprint density at radius 3 is 2.45 bits per heavy atom. The number of aromatic amines is 1. The van der Waals surface area contributed by atoms with Crippen molar-refractivity contribution in [1.82, 2.24) is 15.6 Å². The predicted molar refractivity (Wildman–Crippen MR) is 134 cm³/mol. The smallest absolute Gasteiger partial charge is 0.247 e. The predicted octanol–water partition coefficient (Wildman–Crippen LogP) is 5.38. The first-order valence-electron chi connectivity index (χ1n) is 11.2. The topological polar surface area (TPSA) is 74.0 Å². The summed E-state index contributed by atoms with van der Waals surface area (Å²) in [5.74, 6) is -0.109. The molecule has 33 heavy (non-hydrogen) atoms. The third-order valence-electron chi connectivity index (χ3n) is 5.66. The van der Waals surface area contributed by atoms with Crippen LogP contribution in [0.1, 0.15) is 48.2 Å². The van der Waals surface area contributed by atoms with Gasteiger partial charge in [-0.2, -0.15) is 0 Å². The molecule has 3 N–H and O–H groups in total. The fourth-order valence-corrected chi connectivity index (χ4v) is 4.92. The fraction of sp³-hybridized carbons (Fsp3) is 0.259. The number of fused-ring (bicyclic) bond motifs is 1. The van der Waals surface area contributed by atoms with Gasteiger partial charge in [0.05, 0.1) is 0 Å². The molecule has 2 aromatic carbocycles. The van der Waals surface area contributed by atoms with E-state index < -0.39 is 6.04 Å². The number of thiophene rings is 1. The lowest BCUT2D eigenvalue weighted by atomic mass is 9.96. The number of H-pyrrole nitrogens is 1. The minimum atomic E-state index is -0.732. The highest BCUT2D eigenvalue weighted by Crippen LogP contribution is 2.33. The van der Waals surface area contributed by atoms with E-state index in [2.05, 4.69) is 39.2 Å². The number of hydrogen-bond acceptors (Lipinski definition) is 3. The van der Waals surface area contributed by atoms with Crippen LogP contribution in [-0.4, -0.2) is 23.3 Å². The Labute approximate surface area is 198 Å². The van der Waals surface area contributed by atoms with Gasteiger partial charge in [0.25, 0.3) is 0 Å². The van der Waals surface area contributed by atoms with E-state index in [0.29, 0.717) is 13.0 Å². The van der Waals surface area contributed by atoms with Crippen LogP contribution in [0.25, 0.3) is 10.9 Å². The molecule has 170 valence electrons. The first-order valence-corrected chi connectivity index (χ1v) is 12.1. The van der Waals surface area contributed by atoms with Crippen LogP contribution < -0.4 is 10.6 Å². The van der Waals surface area contributed by atoms with Crippen LogP contribution in [0.15, 0.2) is 78.3 Å². The van der Waals surface area contributed by atoms with Crippen LogP contribution in [0.2, 0.25) is 0 Å². The third kappa shape index (κ3) is 5.52. The molecule has 0 radical (unpaired) electrons. The number of nitrogens with one attached hydrogen (secondary N) is 3. The number of amides is 2. The quantitative estimate of drug-likeness (QED) is 0.314. The van der Waals surface area contributed by atoms with Crippen molar-refractivity contribution in [3.63, 3.8) is 0 Å². The van der Waals surface area contributed by atoms with E-state index in [9.17, 15) is 9.59 Å². The van der Waals surface area contributed by atoms with Crippen LogP contribution >= 0.6 is 11.3 Å². The van der Waals surface area contributed by atoms with Crippen LogP contribution in [-0.2, 0) is 9.59 Å². The zero-order valence-electron chi connectivity index (χ0n) is 18.9. The van der Waals surface area contributed by atoms with Crippen molar-refractivity contribution in [2.24, 2.45) is 5.92 Å². The lowest BCUT2D eigenvalue weighted by molar-refractivity contribution is -0.129. The molecular formula is C27H29N3O2S. The van der Waals surface area contributed by atoms with Crippen molar-refractivity contribution in [1.29, 1.82) is 0 Å². The van der Waals surface area contributed by atoms with E-state index in [1.807, 2.05) is 68.6 Å². The molecule has 0 spiro atoms. The molecule has 0 fully saturated rings. The molecule has 0 bridgehead atoms. The van der Waals surface area contributed by atoms with Gasteiger partial charge in [-0.25, -0.2) is 0 Å². The van der Waals surface area contributed by atoms with Gasteiger partial charge in [-0.15, -0.1) is 11.3 Å². The van der Waals surface area contributed by atoms with Crippen LogP contribution in [0.4, 0.5) is 0 Å². The molecule has 0 saturated heterocycles. The first kappa shape index (κ1) is 22.8. The van der Waals surface area contributed by atoms with Gasteiger partial charge in [-0.1, -0.05) is 68.4 Å². The molecule has 2 unspecified atom stereocenters. The Kier molecular flexibility index (Phi) is 7.25. The lowest BCUT2D eigenvalue weighted by Crippen LogP contribution is -2.42. The highest BCUT2D eigenvalue weighted by atomic mass is 32.1. The Morgan fingerprint density at radius 2 is 1.73 bits per heavy atom. The van der Waals surface area contributed by atoms with Gasteiger partial charge in [0.1, 0.15) is 6.04 Å². The Bertz CT molecular complexity index is 1200. The number of aromatic nitrogens is 1. The zero-order valence-corrected chi connectivity index (χ0v) is 19.7. The third-order valence-corrected chi connectivity index (χ3v) is 6.64. The van der Waals surface area contributed by atoms with Gasteiger partial charge >= 0.3 is 0 Å². The van der Waals surface area contributed by atoms with Crippen molar-refractivity contribution in [3.8, 4) is 0 Å². The summed E-state index contributed by atoms with van der Waals surface area (Å²) in [5, 5.41) is 9.25. The average Bonchev–Trinajstić information content (AvgIpc) is 3.49. The largest absolute Gasteiger partial charge is 0.361 e. The standard InChI is InChI=1S/C27H29N3O2S/c1-18(2)15-25(31)30-26(19-9-4-3-5-10-19)27(32)29-17-22(24-13-8-14-33-24)21-16-28-23-12-7-6-11-20(21)23/h3-14,16,18,22,26,28H,15,17H2,1-2H3,(H,29,32)(H,30,31). The summed E-state index contributed by atoms with van der Waals surface area (Å²) >= 11 is 1.68. The summed E-state index contributed by atoms with van der Waals surface area (Å²) in [7, 11) is 0. The molecular weight excluding hydrogens is 430 g/mol. The van der Waals surface area contributed by atoms with Gasteiger partial charge in [-0.05, 0) is 34.6 Å². The summed E-state index contributed by atoms with van der Waals surface area (Å²) in [6.07, 6.45) is 2.41. The van der Waals surface area contributed by atoms with Crippen molar-refractivity contribution in [2.45, 2.75) is 32.2 Å². The molecule has 0 aliphatic heterocycles. The number of hydrogen-bond donors (Lipinski definition) is 3. The van der Waals surface area contributed by atoms with Gasteiger partial charge < -0.3 is 15.6 Å². The highest BCUT2D eigenvalue weighted by molar-refractivity contribution is 7.10. The van der Waals surface area contributed by atoms with E-state index in [0.717, 1.165) is 22.0 Å². The maximum Gasteiger partial charge on any atom is 0.247 e. The summed E-state index contributed by atoms with van der Waals surface area (Å²) in [6, 6.07) is 21.0. The summed E-state index contributed by atoms with van der Waals surface area (Å²) < 4.78 is 0. The molecule has 0 aliphatic carbocycles. The van der Waals surface area contributed by atoms with Crippen molar-refractivity contribution < 1.29 is 9.59 Å². The van der Waals surface area contributed by atoms with Gasteiger partial charge in [0, 0.05) is 40.9 Å². The maximum absolute atomic E-state index is 13.3. The van der Waals surface area contributed by atoms with Crippen LogP contribution in [0, 0.1) is 5.92 Å². The molecule has 2 atom stereocenters. The Morgan fingerprint density at radius 1 is 0.970 bits per heavy atom. The highest BCUT2D eigenvalue weighted by Gasteiger charge is 2.25. The van der Waals surface area contributed by atoms with E-state index in [-0.39, 0.29) is 23.7 Å². The van der Waals surface area contributed by atoms with Crippen LogP contribution in [0.3, 0.4) is 0 Å². The fourth-order valence-electron chi connectivity index (χ4n) is 4.08. The van der Waals surface area contributed by atoms with Gasteiger partial charge in [-0.3, -0.25) is 9.59 Å². The second kappa shape index (κ2) is 10.5. The summed E-state index contributed by atoms with van der Waals surface area (Å²) in [5.41, 5.74) is 2.99. The zero-order chi connectivity index (χ0) is 23.2. The number of para-hydroxylation sites is 1. The van der Waals surface area contributed by atoms with E-state index in [4.69, 9.17) is 0 Å². The van der Waals surface area contributed by atoms with Gasteiger partial charge in [0.2, 0.25) is 11.8 Å². The lowest BCUT2D eigenvalue weighted by Gasteiger charge is -2.22. The van der Waals surface area contributed by atoms with Crippen molar-refractivity contribution in [2.75, 3.05) is 6.54 Å². The first-order chi connectivity index (χ1) is 16.0. The summed E-state index contributed by atoms with van der Waals surface area (Å²) in [6.45, 7) is 4.42. The molecule has 6 heteroatoms. The molecule has 2 aromatic heterocycles. The molecule has 0 aliphatic rings. The summed E-state index contributed by atoms with van der Waals surface area (Å²) in [4.78, 5) is 30.4. The van der Waals surface area contributed by atoms with Crippen LogP contribution in [0.5, 0.6) is 0 Å². The molecule has 2 heterocycles. The molecule has 5 nitrogen and oxygen atoms in total. The minimum Gasteiger partial charge on any atom is -0.361 e. The number of carbonyl (C=O) groups excluding carboxylic acids is 2. The Hall–Kier alpha value is -3.38. The normalized spacial score (nSPS) is 13.1.